The zero-order valence-corrected chi connectivity index (χ0v) is 16.7. The second-order valence-electron chi connectivity index (χ2n) is 6.95. The number of hydrogen-bond acceptors (Lipinski definition) is 4. The number of halogens is 1. The zero-order chi connectivity index (χ0) is 19.9. The summed E-state index contributed by atoms with van der Waals surface area (Å²) in [4.78, 5) is 26.7. The molecule has 2 aromatic carbocycles. The number of rotatable bonds is 6. The van der Waals surface area contributed by atoms with Crippen LogP contribution in [0.15, 0.2) is 48.5 Å². The maximum atomic E-state index is 12.7. The molecular weight excluding hydrogens is 376 g/mol. The van der Waals surface area contributed by atoms with Gasteiger partial charge < -0.3 is 10.1 Å². The minimum Gasteiger partial charge on any atom is -0.462 e. The molecule has 0 spiro atoms. The van der Waals surface area contributed by atoms with Crippen molar-refractivity contribution in [2.24, 2.45) is 5.92 Å². The highest BCUT2D eigenvalue weighted by atomic mass is 35.5. The van der Waals surface area contributed by atoms with Crippen LogP contribution in [0.25, 0.3) is 0 Å². The van der Waals surface area contributed by atoms with Crippen molar-refractivity contribution in [2.75, 3.05) is 25.0 Å². The summed E-state index contributed by atoms with van der Waals surface area (Å²) >= 11 is 6.27. The first kappa shape index (κ1) is 20.4. The zero-order valence-electron chi connectivity index (χ0n) is 16.0. The van der Waals surface area contributed by atoms with Crippen molar-refractivity contribution in [1.82, 2.24) is 4.90 Å². The molecule has 0 unspecified atom stereocenters. The molecule has 0 aromatic heterocycles. The average molecular weight is 401 g/mol. The Hall–Kier alpha value is -2.37. The molecule has 1 heterocycles. The van der Waals surface area contributed by atoms with Gasteiger partial charge in [0.25, 0.3) is 0 Å². The monoisotopic (exact) mass is 400 g/mol. The standard InChI is InChI=1S/C22H25ClN2O3/c1-2-28-22(27)16-9-11-19(12-10-16)24-21(26)18-7-5-13-25(15-18)14-17-6-3-4-8-20(17)23/h3-4,6,8-12,18H,2,5,7,13-15H2,1H3,(H,24,26)/t18-/m1/s1. The molecule has 1 aliphatic rings. The Morgan fingerprint density at radius 1 is 1.18 bits per heavy atom. The first-order chi connectivity index (χ1) is 13.6. The number of benzene rings is 2. The van der Waals surface area contributed by atoms with E-state index in [1.165, 1.54) is 0 Å². The van der Waals surface area contributed by atoms with Crippen LogP contribution in [0, 0.1) is 5.92 Å². The molecule has 1 atom stereocenters. The Morgan fingerprint density at radius 2 is 1.93 bits per heavy atom. The van der Waals surface area contributed by atoms with E-state index in [-0.39, 0.29) is 17.8 Å². The minimum absolute atomic E-state index is 0.00717. The van der Waals surface area contributed by atoms with E-state index in [0.717, 1.165) is 36.5 Å². The Kier molecular flexibility index (Phi) is 7.06. The van der Waals surface area contributed by atoms with Gasteiger partial charge in [-0.25, -0.2) is 4.79 Å². The number of carbonyl (C=O) groups is 2. The first-order valence-corrected chi connectivity index (χ1v) is 9.98. The van der Waals surface area contributed by atoms with Crippen LogP contribution in [0.2, 0.25) is 5.02 Å². The summed E-state index contributed by atoms with van der Waals surface area (Å²) in [6.07, 6.45) is 1.84. The third-order valence-corrected chi connectivity index (χ3v) is 5.26. The van der Waals surface area contributed by atoms with Crippen LogP contribution in [-0.2, 0) is 16.1 Å². The summed E-state index contributed by atoms with van der Waals surface area (Å²) in [6, 6.07) is 14.6. The molecule has 1 aliphatic heterocycles. The fourth-order valence-corrected chi connectivity index (χ4v) is 3.62. The molecule has 0 aliphatic carbocycles. The topological polar surface area (TPSA) is 58.6 Å². The first-order valence-electron chi connectivity index (χ1n) is 9.60. The number of hydrogen-bond donors (Lipinski definition) is 1. The number of amides is 1. The van der Waals surface area contributed by atoms with Crippen molar-refractivity contribution in [3.63, 3.8) is 0 Å². The SMILES string of the molecule is CCOC(=O)c1ccc(NC(=O)[C@@H]2CCCN(Cc3ccccc3Cl)C2)cc1. The lowest BCUT2D eigenvalue weighted by Gasteiger charge is -2.32. The Morgan fingerprint density at radius 3 is 2.64 bits per heavy atom. The lowest BCUT2D eigenvalue weighted by molar-refractivity contribution is -0.121. The van der Waals surface area contributed by atoms with Crippen LogP contribution in [0.4, 0.5) is 5.69 Å². The number of anilines is 1. The summed E-state index contributed by atoms with van der Waals surface area (Å²) in [5, 5.41) is 3.72. The maximum Gasteiger partial charge on any atom is 0.338 e. The predicted octanol–water partition coefficient (Wildman–Crippen LogP) is 4.37. The van der Waals surface area contributed by atoms with Gasteiger partial charge in [-0.15, -0.1) is 0 Å². The number of esters is 1. The molecule has 0 radical (unpaired) electrons. The molecule has 1 amide bonds. The second kappa shape index (κ2) is 9.71. The van der Waals surface area contributed by atoms with E-state index in [0.29, 0.717) is 24.4 Å². The molecule has 28 heavy (non-hydrogen) atoms. The van der Waals surface area contributed by atoms with Crippen LogP contribution < -0.4 is 5.32 Å². The van der Waals surface area contributed by atoms with Crippen LogP contribution in [0.3, 0.4) is 0 Å². The van der Waals surface area contributed by atoms with Crippen LogP contribution in [0.1, 0.15) is 35.7 Å². The molecule has 0 bridgehead atoms. The molecular formula is C22H25ClN2O3. The molecule has 6 heteroatoms. The highest BCUT2D eigenvalue weighted by Gasteiger charge is 2.26. The Balaban J connectivity index is 1.56. The quantitative estimate of drug-likeness (QED) is 0.731. The summed E-state index contributed by atoms with van der Waals surface area (Å²) < 4.78 is 4.97. The summed E-state index contributed by atoms with van der Waals surface area (Å²) in [5.74, 6) is -0.420. The highest BCUT2D eigenvalue weighted by Crippen LogP contribution is 2.23. The number of piperidine rings is 1. The number of ether oxygens (including phenoxy) is 1. The van der Waals surface area contributed by atoms with Crippen molar-refractivity contribution < 1.29 is 14.3 Å². The van der Waals surface area contributed by atoms with Gasteiger partial charge in [-0.05, 0) is 62.2 Å². The number of carbonyl (C=O) groups excluding carboxylic acids is 2. The van der Waals surface area contributed by atoms with Gasteiger partial charge in [0, 0.05) is 23.8 Å². The highest BCUT2D eigenvalue weighted by molar-refractivity contribution is 6.31. The van der Waals surface area contributed by atoms with Crippen molar-refractivity contribution in [3.05, 3.63) is 64.7 Å². The average Bonchev–Trinajstić information content (AvgIpc) is 2.71. The van der Waals surface area contributed by atoms with Crippen molar-refractivity contribution in [1.29, 1.82) is 0 Å². The molecule has 1 saturated heterocycles. The van der Waals surface area contributed by atoms with Gasteiger partial charge in [0.2, 0.25) is 5.91 Å². The van der Waals surface area contributed by atoms with Crippen LogP contribution >= 0.6 is 11.6 Å². The van der Waals surface area contributed by atoms with E-state index in [1.54, 1.807) is 31.2 Å². The summed E-state index contributed by atoms with van der Waals surface area (Å²) in [7, 11) is 0. The molecule has 2 aromatic rings. The second-order valence-corrected chi connectivity index (χ2v) is 7.36. The molecule has 148 valence electrons. The predicted molar refractivity (Wildman–Crippen MR) is 110 cm³/mol. The molecule has 5 nitrogen and oxygen atoms in total. The van der Waals surface area contributed by atoms with E-state index in [4.69, 9.17) is 16.3 Å². The molecule has 3 rings (SSSR count). The summed E-state index contributed by atoms with van der Waals surface area (Å²) in [5.41, 5.74) is 2.24. The van der Waals surface area contributed by atoms with E-state index < -0.39 is 0 Å². The van der Waals surface area contributed by atoms with E-state index in [1.807, 2.05) is 24.3 Å². The van der Waals surface area contributed by atoms with Gasteiger partial charge in [-0.3, -0.25) is 9.69 Å². The smallest absolute Gasteiger partial charge is 0.338 e. The third-order valence-electron chi connectivity index (χ3n) is 4.89. The third kappa shape index (κ3) is 5.33. The van der Waals surface area contributed by atoms with Gasteiger partial charge in [-0.2, -0.15) is 0 Å². The van der Waals surface area contributed by atoms with Gasteiger partial charge in [0.1, 0.15) is 0 Å². The Bertz CT molecular complexity index is 823. The number of nitrogens with zero attached hydrogens (tertiary/aromatic N) is 1. The van der Waals surface area contributed by atoms with Crippen LogP contribution in [0.5, 0.6) is 0 Å². The van der Waals surface area contributed by atoms with Crippen molar-refractivity contribution in [2.45, 2.75) is 26.3 Å². The van der Waals surface area contributed by atoms with Gasteiger partial charge in [0.05, 0.1) is 18.1 Å². The van der Waals surface area contributed by atoms with Crippen molar-refractivity contribution in [3.8, 4) is 0 Å². The van der Waals surface area contributed by atoms with E-state index in [2.05, 4.69) is 10.2 Å². The fraction of sp³-hybridized carbons (Fsp3) is 0.364. The van der Waals surface area contributed by atoms with E-state index >= 15 is 0 Å². The van der Waals surface area contributed by atoms with Gasteiger partial charge in [0.15, 0.2) is 0 Å². The molecule has 1 N–H and O–H groups in total. The molecule has 1 fully saturated rings. The lowest BCUT2D eigenvalue weighted by atomic mass is 9.96. The lowest BCUT2D eigenvalue weighted by Crippen LogP contribution is -2.40. The largest absolute Gasteiger partial charge is 0.462 e. The number of likely N-dealkylation sites (tertiary alicyclic amines) is 1. The van der Waals surface area contributed by atoms with Crippen molar-refractivity contribution >= 4 is 29.2 Å². The minimum atomic E-state index is -0.358. The number of nitrogens with one attached hydrogen (secondary N) is 1. The fourth-order valence-electron chi connectivity index (χ4n) is 3.43. The summed E-state index contributed by atoms with van der Waals surface area (Å²) in [6.45, 7) is 4.52. The van der Waals surface area contributed by atoms with E-state index in [9.17, 15) is 9.59 Å². The van der Waals surface area contributed by atoms with Gasteiger partial charge >= 0.3 is 5.97 Å². The van der Waals surface area contributed by atoms with Crippen LogP contribution in [-0.4, -0.2) is 36.5 Å². The normalized spacial score (nSPS) is 17.1. The Labute approximate surface area is 170 Å². The van der Waals surface area contributed by atoms with Gasteiger partial charge in [-0.1, -0.05) is 29.8 Å². The molecule has 0 saturated carbocycles. The maximum absolute atomic E-state index is 12.7.